The van der Waals surface area contributed by atoms with Crippen LogP contribution in [0.25, 0.3) is 0 Å². The maximum atomic E-state index is 12.7. The van der Waals surface area contributed by atoms with Gasteiger partial charge in [-0.2, -0.15) is 4.39 Å². The van der Waals surface area contributed by atoms with Crippen LogP contribution in [-0.4, -0.2) is 21.0 Å². The van der Waals surface area contributed by atoms with Crippen LogP contribution in [0, 0.1) is 5.95 Å². The number of pyridine rings is 1. The molecule has 0 radical (unpaired) electrons. The number of nitrogens with zero attached hydrogens (tertiary/aromatic N) is 2. The van der Waals surface area contributed by atoms with E-state index in [1.807, 2.05) is 0 Å². The third kappa shape index (κ3) is 2.31. The van der Waals surface area contributed by atoms with Crippen molar-refractivity contribution in [3.8, 4) is 10.9 Å². The number of aromatic carboxylic acids is 1. The number of hydrogen-bond donors (Lipinski definition) is 1. The minimum absolute atomic E-state index is 0.0597. The molecule has 0 bridgehead atoms. The standard InChI is InChI=1S/C9H5FN2O3S/c10-7-3-5(1-2-11-7)15-9-12-4-6(16-9)8(13)14/h1-4H,(H,13,14). The first-order valence-corrected chi connectivity index (χ1v) is 4.95. The van der Waals surface area contributed by atoms with Crippen molar-refractivity contribution in [2.24, 2.45) is 0 Å². The molecule has 2 aromatic heterocycles. The van der Waals surface area contributed by atoms with E-state index in [0.717, 1.165) is 17.4 Å². The lowest BCUT2D eigenvalue weighted by atomic mass is 10.4. The smallest absolute Gasteiger partial charge is 0.347 e. The molecule has 0 amide bonds. The van der Waals surface area contributed by atoms with E-state index in [9.17, 15) is 9.18 Å². The Balaban J connectivity index is 2.17. The summed E-state index contributed by atoms with van der Waals surface area (Å²) < 4.78 is 17.9. The fraction of sp³-hybridized carbons (Fsp3) is 0. The summed E-state index contributed by atoms with van der Waals surface area (Å²) in [6.07, 6.45) is 2.43. The normalized spacial score (nSPS) is 10.1. The first kappa shape index (κ1) is 10.5. The Morgan fingerprint density at radius 1 is 1.50 bits per heavy atom. The lowest BCUT2D eigenvalue weighted by molar-refractivity contribution is 0.0702. The number of carboxylic acid groups (broad SMARTS) is 1. The molecule has 16 heavy (non-hydrogen) atoms. The Morgan fingerprint density at radius 2 is 2.31 bits per heavy atom. The van der Waals surface area contributed by atoms with Crippen LogP contribution in [0.15, 0.2) is 24.5 Å². The average Bonchev–Trinajstić information content (AvgIpc) is 2.66. The zero-order chi connectivity index (χ0) is 11.5. The lowest BCUT2D eigenvalue weighted by Gasteiger charge is -1.99. The highest BCUT2D eigenvalue weighted by Crippen LogP contribution is 2.26. The van der Waals surface area contributed by atoms with Crippen molar-refractivity contribution in [3.05, 3.63) is 35.4 Å². The highest BCUT2D eigenvalue weighted by Gasteiger charge is 2.10. The van der Waals surface area contributed by atoms with Crippen molar-refractivity contribution in [3.63, 3.8) is 0 Å². The Labute approximate surface area is 93.2 Å². The van der Waals surface area contributed by atoms with Gasteiger partial charge in [0.25, 0.3) is 5.19 Å². The summed E-state index contributed by atoms with van der Waals surface area (Å²) in [6.45, 7) is 0. The van der Waals surface area contributed by atoms with Crippen molar-refractivity contribution < 1.29 is 19.0 Å². The highest BCUT2D eigenvalue weighted by molar-refractivity contribution is 7.15. The van der Waals surface area contributed by atoms with Crippen LogP contribution in [0.3, 0.4) is 0 Å². The molecule has 82 valence electrons. The topological polar surface area (TPSA) is 72.3 Å². The summed E-state index contributed by atoms with van der Waals surface area (Å²) in [5.74, 6) is -1.53. The van der Waals surface area contributed by atoms with E-state index in [1.54, 1.807) is 0 Å². The predicted octanol–water partition coefficient (Wildman–Crippen LogP) is 2.17. The van der Waals surface area contributed by atoms with E-state index in [0.29, 0.717) is 0 Å². The molecule has 0 fully saturated rings. The van der Waals surface area contributed by atoms with Gasteiger partial charge in [-0.15, -0.1) is 0 Å². The van der Waals surface area contributed by atoms with Crippen LogP contribution in [0.2, 0.25) is 0 Å². The van der Waals surface area contributed by atoms with Crippen LogP contribution < -0.4 is 4.74 Å². The Kier molecular flexibility index (Phi) is 2.78. The molecular weight excluding hydrogens is 235 g/mol. The van der Waals surface area contributed by atoms with E-state index < -0.39 is 11.9 Å². The summed E-state index contributed by atoms with van der Waals surface area (Å²) in [4.78, 5) is 17.7. The molecule has 2 heterocycles. The molecule has 0 saturated carbocycles. The molecule has 0 aromatic carbocycles. The second kappa shape index (κ2) is 4.23. The van der Waals surface area contributed by atoms with Crippen LogP contribution >= 0.6 is 11.3 Å². The number of carbonyl (C=O) groups is 1. The van der Waals surface area contributed by atoms with Gasteiger partial charge in [0.2, 0.25) is 5.95 Å². The number of aromatic nitrogens is 2. The number of ether oxygens (including phenoxy) is 1. The molecule has 5 nitrogen and oxygen atoms in total. The Hall–Kier alpha value is -2.02. The van der Waals surface area contributed by atoms with Crippen LogP contribution in [-0.2, 0) is 0 Å². The van der Waals surface area contributed by atoms with Crippen LogP contribution in [0.1, 0.15) is 9.67 Å². The third-order valence-electron chi connectivity index (χ3n) is 1.60. The quantitative estimate of drug-likeness (QED) is 0.832. The molecule has 2 aromatic rings. The molecule has 0 aliphatic heterocycles. The van der Waals surface area contributed by atoms with Crippen molar-refractivity contribution in [2.45, 2.75) is 0 Å². The number of thiazole rings is 1. The SMILES string of the molecule is O=C(O)c1cnc(Oc2ccnc(F)c2)s1. The van der Waals surface area contributed by atoms with E-state index in [2.05, 4.69) is 9.97 Å². The average molecular weight is 240 g/mol. The van der Waals surface area contributed by atoms with Gasteiger partial charge in [-0.1, -0.05) is 11.3 Å². The molecule has 0 aliphatic rings. The summed E-state index contributed by atoms with van der Waals surface area (Å²) >= 11 is 0.866. The second-order valence-corrected chi connectivity index (χ2v) is 3.71. The van der Waals surface area contributed by atoms with E-state index in [-0.39, 0.29) is 15.8 Å². The molecule has 0 spiro atoms. The van der Waals surface area contributed by atoms with Crippen molar-refractivity contribution >= 4 is 17.3 Å². The lowest BCUT2D eigenvalue weighted by Crippen LogP contribution is -1.89. The van der Waals surface area contributed by atoms with Gasteiger partial charge in [0.15, 0.2) is 0 Å². The van der Waals surface area contributed by atoms with Crippen LogP contribution in [0.4, 0.5) is 4.39 Å². The van der Waals surface area contributed by atoms with Gasteiger partial charge >= 0.3 is 5.97 Å². The number of carboxylic acids is 1. The van der Waals surface area contributed by atoms with Gasteiger partial charge < -0.3 is 9.84 Å². The van der Waals surface area contributed by atoms with Crippen LogP contribution in [0.5, 0.6) is 10.9 Å². The Morgan fingerprint density at radius 3 is 2.94 bits per heavy atom. The molecule has 0 unspecified atom stereocenters. The first-order chi connectivity index (χ1) is 7.65. The summed E-state index contributed by atoms with van der Waals surface area (Å²) in [6, 6.07) is 2.53. The van der Waals surface area contributed by atoms with Gasteiger partial charge in [0.05, 0.1) is 6.20 Å². The summed E-state index contributed by atoms with van der Waals surface area (Å²) in [5.41, 5.74) is 0. The third-order valence-corrected chi connectivity index (χ3v) is 2.46. The van der Waals surface area contributed by atoms with Gasteiger partial charge in [0.1, 0.15) is 10.6 Å². The molecule has 1 N–H and O–H groups in total. The van der Waals surface area contributed by atoms with Crippen molar-refractivity contribution in [2.75, 3.05) is 0 Å². The second-order valence-electron chi connectivity index (χ2n) is 2.71. The fourth-order valence-electron chi connectivity index (χ4n) is 0.953. The highest BCUT2D eigenvalue weighted by atomic mass is 32.1. The maximum absolute atomic E-state index is 12.7. The molecule has 0 atom stereocenters. The summed E-state index contributed by atoms with van der Waals surface area (Å²) in [5, 5.41) is 8.79. The zero-order valence-corrected chi connectivity index (χ0v) is 8.57. The zero-order valence-electron chi connectivity index (χ0n) is 7.75. The fourth-order valence-corrected chi connectivity index (χ4v) is 1.58. The van der Waals surface area contributed by atoms with Gasteiger partial charge in [-0.25, -0.2) is 14.8 Å². The minimum Gasteiger partial charge on any atom is -0.477 e. The molecule has 2 rings (SSSR count). The minimum atomic E-state index is -1.08. The first-order valence-electron chi connectivity index (χ1n) is 4.13. The molecule has 7 heteroatoms. The molecule has 0 saturated heterocycles. The largest absolute Gasteiger partial charge is 0.477 e. The Bertz CT molecular complexity index is 529. The van der Waals surface area contributed by atoms with Gasteiger partial charge in [-0.05, 0) is 6.07 Å². The van der Waals surface area contributed by atoms with E-state index in [4.69, 9.17) is 9.84 Å². The molecule has 0 aliphatic carbocycles. The van der Waals surface area contributed by atoms with Crippen molar-refractivity contribution in [1.29, 1.82) is 0 Å². The monoisotopic (exact) mass is 240 g/mol. The van der Waals surface area contributed by atoms with E-state index in [1.165, 1.54) is 18.5 Å². The van der Waals surface area contributed by atoms with Gasteiger partial charge in [-0.3, -0.25) is 0 Å². The number of rotatable bonds is 3. The molecular formula is C9H5FN2O3S. The maximum Gasteiger partial charge on any atom is 0.347 e. The van der Waals surface area contributed by atoms with Gasteiger partial charge in [0, 0.05) is 12.3 Å². The summed E-state index contributed by atoms with van der Waals surface area (Å²) in [7, 11) is 0. The van der Waals surface area contributed by atoms with Crippen molar-refractivity contribution in [1.82, 2.24) is 9.97 Å². The predicted molar refractivity (Wildman–Crippen MR) is 53.3 cm³/mol. The number of halogens is 1. The van der Waals surface area contributed by atoms with E-state index >= 15 is 0 Å². The number of hydrogen-bond acceptors (Lipinski definition) is 5.